The number of fused-ring (bicyclic) bond motifs is 1. The highest BCUT2D eigenvalue weighted by molar-refractivity contribution is 6.02. The number of hydrogen-bond acceptors (Lipinski definition) is 5. The van der Waals surface area contributed by atoms with E-state index in [1.165, 1.54) is 4.90 Å². The molecule has 2 aromatic rings. The molecule has 0 saturated carbocycles. The number of ether oxygens (including phenoxy) is 2. The molecule has 0 aliphatic carbocycles. The lowest BCUT2D eigenvalue weighted by Gasteiger charge is -2.28. The number of rotatable bonds is 6. The van der Waals surface area contributed by atoms with Crippen LogP contribution in [-0.4, -0.2) is 48.5 Å². The Morgan fingerprint density at radius 2 is 2.17 bits per heavy atom. The zero-order valence-corrected chi connectivity index (χ0v) is 17.3. The van der Waals surface area contributed by atoms with E-state index in [-0.39, 0.29) is 31.1 Å². The molecule has 3 heterocycles. The summed E-state index contributed by atoms with van der Waals surface area (Å²) in [6, 6.07) is 9.20. The van der Waals surface area contributed by atoms with Gasteiger partial charge >= 0.3 is 0 Å². The molecule has 1 aromatic heterocycles. The minimum atomic E-state index is -0.371. The normalized spacial score (nSPS) is 18.5. The SMILES string of the molecule is Cc1cc(/C=N\NC(=O)CN2C(=O)COc3ccccc32)c(C)n1C[C@@H]1CCCO1. The molecule has 158 valence electrons. The summed E-state index contributed by atoms with van der Waals surface area (Å²) >= 11 is 0. The third-order valence-electron chi connectivity index (χ3n) is 5.53. The molecule has 0 unspecified atom stereocenters. The van der Waals surface area contributed by atoms with E-state index in [0.29, 0.717) is 11.4 Å². The summed E-state index contributed by atoms with van der Waals surface area (Å²) < 4.78 is 13.4. The molecule has 8 nitrogen and oxygen atoms in total. The van der Waals surface area contributed by atoms with Gasteiger partial charge in [-0.3, -0.25) is 14.5 Å². The van der Waals surface area contributed by atoms with Crippen molar-refractivity contribution in [2.45, 2.75) is 39.3 Å². The molecule has 2 aliphatic rings. The summed E-state index contributed by atoms with van der Waals surface area (Å²) in [5.74, 6) is -0.0398. The second-order valence-corrected chi connectivity index (χ2v) is 7.60. The summed E-state index contributed by atoms with van der Waals surface area (Å²) in [5, 5.41) is 4.10. The maximum Gasteiger partial charge on any atom is 0.265 e. The van der Waals surface area contributed by atoms with Gasteiger partial charge in [0, 0.05) is 30.1 Å². The fourth-order valence-corrected chi connectivity index (χ4v) is 3.91. The zero-order valence-electron chi connectivity index (χ0n) is 17.3. The van der Waals surface area contributed by atoms with Crippen LogP contribution in [0.1, 0.15) is 29.8 Å². The van der Waals surface area contributed by atoms with Gasteiger partial charge in [0.05, 0.1) is 18.0 Å². The van der Waals surface area contributed by atoms with Crippen LogP contribution >= 0.6 is 0 Å². The molecule has 4 rings (SSSR count). The standard InChI is InChI=1S/C22H26N4O4/c1-15-10-17(16(2)25(15)12-18-6-5-9-29-18)11-23-24-21(27)13-26-19-7-3-4-8-20(19)30-14-22(26)28/h3-4,7-8,10-11,18H,5-6,9,12-14H2,1-2H3,(H,24,27)/b23-11-/t18-/m0/s1. The van der Waals surface area contributed by atoms with Gasteiger partial charge in [-0.25, -0.2) is 5.43 Å². The maximum atomic E-state index is 12.4. The number of hydrogen-bond donors (Lipinski definition) is 1. The Bertz CT molecular complexity index is 976. The Balaban J connectivity index is 1.38. The molecule has 0 radical (unpaired) electrons. The summed E-state index contributed by atoms with van der Waals surface area (Å²) in [4.78, 5) is 26.0. The molecule has 2 amide bonds. The van der Waals surface area contributed by atoms with Crippen molar-refractivity contribution in [2.75, 3.05) is 24.7 Å². The Kier molecular flexibility index (Phi) is 5.85. The highest BCUT2D eigenvalue weighted by Gasteiger charge is 2.26. The lowest BCUT2D eigenvalue weighted by molar-refractivity contribution is -0.125. The Morgan fingerprint density at radius 3 is 2.97 bits per heavy atom. The molecular weight excluding hydrogens is 384 g/mol. The molecule has 1 aromatic carbocycles. The molecule has 2 aliphatic heterocycles. The molecule has 1 N–H and O–H groups in total. The van der Waals surface area contributed by atoms with Crippen molar-refractivity contribution < 1.29 is 19.1 Å². The number of aryl methyl sites for hydroxylation is 1. The average molecular weight is 410 g/mol. The minimum absolute atomic E-state index is 0.0791. The van der Waals surface area contributed by atoms with Gasteiger partial charge < -0.3 is 14.0 Å². The highest BCUT2D eigenvalue weighted by Crippen LogP contribution is 2.31. The predicted octanol–water partition coefficient (Wildman–Crippen LogP) is 2.16. The van der Waals surface area contributed by atoms with Crippen molar-refractivity contribution in [3.8, 4) is 5.75 Å². The number of amides is 2. The maximum absolute atomic E-state index is 12.4. The van der Waals surface area contributed by atoms with E-state index >= 15 is 0 Å². The first kappa shape index (κ1) is 20.2. The third kappa shape index (κ3) is 4.23. The largest absolute Gasteiger partial charge is 0.482 e. The first-order valence-electron chi connectivity index (χ1n) is 10.2. The topological polar surface area (TPSA) is 85.2 Å². The number of anilines is 1. The molecule has 0 bridgehead atoms. The van der Waals surface area contributed by atoms with E-state index < -0.39 is 0 Å². The van der Waals surface area contributed by atoms with Gasteiger partial charge in [-0.05, 0) is 44.9 Å². The van der Waals surface area contributed by atoms with Gasteiger partial charge in [0.25, 0.3) is 11.8 Å². The van der Waals surface area contributed by atoms with Gasteiger partial charge in [0.2, 0.25) is 0 Å². The van der Waals surface area contributed by atoms with Crippen LogP contribution in [0.3, 0.4) is 0 Å². The van der Waals surface area contributed by atoms with E-state index in [1.807, 2.05) is 19.1 Å². The number of carbonyl (C=O) groups excluding carboxylic acids is 2. The van der Waals surface area contributed by atoms with Crippen LogP contribution in [0.15, 0.2) is 35.4 Å². The van der Waals surface area contributed by atoms with Gasteiger partial charge in [-0.15, -0.1) is 0 Å². The number of para-hydroxylation sites is 2. The second-order valence-electron chi connectivity index (χ2n) is 7.60. The van der Waals surface area contributed by atoms with Crippen LogP contribution in [0.25, 0.3) is 0 Å². The van der Waals surface area contributed by atoms with Gasteiger partial charge in [-0.1, -0.05) is 12.1 Å². The van der Waals surface area contributed by atoms with Crippen LogP contribution in [0, 0.1) is 13.8 Å². The lowest BCUT2D eigenvalue weighted by atomic mass is 10.2. The fraction of sp³-hybridized carbons (Fsp3) is 0.409. The van der Waals surface area contributed by atoms with Crippen molar-refractivity contribution in [3.63, 3.8) is 0 Å². The number of nitrogens with zero attached hydrogens (tertiary/aromatic N) is 3. The first-order valence-corrected chi connectivity index (χ1v) is 10.2. The monoisotopic (exact) mass is 410 g/mol. The first-order chi connectivity index (χ1) is 14.5. The lowest BCUT2D eigenvalue weighted by Crippen LogP contribution is -2.44. The Morgan fingerprint density at radius 1 is 1.33 bits per heavy atom. The van der Waals surface area contributed by atoms with Crippen LogP contribution in [-0.2, 0) is 20.9 Å². The molecule has 1 fully saturated rings. The summed E-state index contributed by atoms with van der Waals surface area (Å²) in [6.07, 6.45) is 4.09. The molecule has 1 atom stereocenters. The second kappa shape index (κ2) is 8.71. The van der Waals surface area contributed by atoms with Crippen molar-refractivity contribution in [1.82, 2.24) is 9.99 Å². The fourth-order valence-electron chi connectivity index (χ4n) is 3.91. The summed E-state index contributed by atoms with van der Waals surface area (Å²) in [5.41, 5.74) is 6.26. The van der Waals surface area contributed by atoms with Crippen molar-refractivity contribution in [3.05, 3.63) is 47.3 Å². The minimum Gasteiger partial charge on any atom is -0.482 e. The van der Waals surface area contributed by atoms with Gasteiger partial charge in [0.1, 0.15) is 12.3 Å². The van der Waals surface area contributed by atoms with Crippen LogP contribution < -0.4 is 15.1 Å². The Hall–Kier alpha value is -3.13. The number of benzene rings is 1. The van der Waals surface area contributed by atoms with Crippen LogP contribution in [0.5, 0.6) is 5.75 Å². The van der Waals surface area contributed by atoms with Crippen molar-refractivity contribution in [2.24, 2.45) is 5.10 Å². The smallest absolute Gasteiger partial charge is 0.265 e. The Labute approximate surface area is 175 Å². The average Bonchev–Trinajstić information content (AvgIpc) is 3.34. The van der Waals surface area contributed by atoms with Crippen LogP contribution in [0.4, 0.5) is 5.69 Å². The zero-order chi connectivity index (χ0) is 21.1. The predicted molar refractivity (Wildman–Crippen MR) is 113 cm³/mol. The molecule has 1 saturated heterocycles. The van der Waals surface area contributed by atoms with Gasteiger partial charge in [-0.2, -0.15) is 5.10 Å². The number of carbonyl (C=O) groups is 2. The van der Waals surface area contributed by atoms with E-state index in [1.54, 1.807) is 24.4 Å². The summed E-state index contributed by atoms with van der Waals surface area (Å²) in [7, 11) is 0. The highest BCUT2D eigenvalue weighted by atomic mass is 16.5. The van der Waals surface area contributed by atoms with E-state index in [4.69, 9.17) is 9.47 Å². The van der Waals surface area contributed by atoms with E-state index in [9.17, 15) is 9.59 Å². The van der Waals surface area contributed by atoms with E-state index in [2.05, 4.69) is 22.0 Å². The molecular formula is C22H26N4O4. The molecule has 0 spiro atoms. The summed E-state index contributed by atoms with van der Waals surface area (Å²) in [6.45, 7) is 5.56. The molecule has 8 heteroatoms. The van der Waals surface area contributed by atoms with Crippen molar-refractivity contribution in [1.29, 1.82) is 0 Å². The number of nitrogens with one attached hydrogen (secondary N) is 1. The van der Waals surface area contributed by atoms with Crippen molar-refractivity contribution >= 4 is 23.7 Å². The number of aromatic nitrogens is 1. The van der Waals surface area contributed by atoms with Gasteiger partial charge in [0.15, 0.2) is 6.61 Å². The van der Waals surface area contributed by atoms with E-state index in [0.717, 1.165) is 42.9 Å². The number of hydrazone groups is 1. The third-order valence-corrected chi connectivity index (χ3v) is 5.53. The van der Waals surface area contributed by atoms with Crippen LogP contribution in [0.2, 0.25) is 0 Å². The quantitative estimate of drug-likeness (QED) is 0.584. The molecule has 30 heavy (non-hydrogen) atoms.